The molecule has 1 aromatic heterocycles. The molecule has 4 nitrogen and oxygen atoms in total. The molecule has 1 atom stereocenters. The molecule has 0 saturated carbocycles. The maximum absolute atomic E-state index is 5.63. The molecule has 1 rings (SSSR count). The van der Waals surface area contributed by atoms with Crippen molar-refractivity contribution in [3.8, 4) is 5.75 Å². The minimum atomic E-state index is 0.131. The summed E-state index contributed by atoms with van der Waals surface area (Å²) in [5.74, 6) is 0.804. The van der Waals surface area contributed by atoms with Gasteiger partial charge in [0.05, 0.1) is 12.8 Å². The van der Waals surface area contributed by atoms with Crippen molar-refractivity contribution in [1.82, 2.24) is 10.3 Å². The maximum atomic E-state index is 5.63. The largest absolute Gasteiger partial charge is 0.488 e. The lowest BCUT2D eigenvalue weighted by molar-refractivity contribution is 0.184. The second kappa shape index (κ2) is 7.20. The summed E-state index contributed by atoms with van der Waals surface area (Å²) in [6.45, 7) is 4.39. The van der Waals surface area contributed by atoms with E-state index in [0.717, 1.165) is 25.4 Å². The third-order valence-corrected chi connectivity index (χ3v) is 1.89. The molecule has 4 heteroatoms. The second-order valence-electron chi connectivity index (χ2n) is 3.31. The van der Waals surface area contributed by atoms with Crippen LogP contribution in [0.4, 0.5) is 0 Å². The van der Waals surface area contributed by atoms with E-state index in [1.807, 2.05) is 19.1 Å². The van der Waals surface area contributed by atoms with Crippen molar-refractivity contribution in [3.05, 3.63) is 24.5 Å². The lowest BCUT2D eigenvalue weighted by atomic mass is 10.4. The molecule has 1 heterocycles. The molecule has 15 heavy (non-hydrogen) atoms. The molecule has 0 bridgehead atoms. The van der Waals surface area contributed by atoms with Gasteiger partial charge in [-0.3, -0.25) is 4.98 Å². The number of hydrogen-bond acceptors (Lipinski definition) is 4. The topological polar surface area (TPSA) is 43.4 Å². The standard InChI is InChI=1S/C11H18N2O2/c1-10(8-13-6-7-14-2)15-11-4-3-5-12-9-11/h3-5,9-10,13H,6-8H2,1-2H3. The van der Waals surface area contributed by atoms with Crippen LogP contribution in [0.2, 0.25) is 0 Å². The summed E-state index contributed by atoms with van der Waals surface area (Å²) >= 11 is 0. The number of hydrogen-bond donors (Lipinski definition) is 1. The number of methoxy groups -OCH3 is 1. The molecular formula is C11H18N2O2. The van der Waals surface area contributed by atoms with E-state index in [1.165, 1.54) is 0 Å². The fourth-order valence-electron chi connectivity index (χ4n) is 1.17. The SMILES string of the molecule is COCCNCC(C)Oc1cccnc1. The Morgan fingerprint density at radius 1 is 1.53 bits per heavy atom. The first kappa shape index (κ1) is 11.9. The van der Waals surface area contributed by atoms with Crippen LogP contribution in [0.1, 0.15) is 6.92 Å². The number of aromatic nitrogens is 1. The highest BCUT2D eigenvalue weighted by Gasteiger charge is 2.02. The van der Waals surface area contributed by atoms with Gasteiger partial charge in [0, 0.05) is 26.4 Å². The lowest BCUT2D eigenvalue weighted by Crippen LogP contribution is -2.31. The fourth-order valence-corrected chi connectivity index (χ4v) is 1.17. The first-order chi connectivity index (χ1) is 7.33. The first-order valence-corrected chi connectivity index (χ1v) is 5.09. The predicted octanol–water partition coefficient (Wildman–Crippen LogP) is 1.08. The molecule has 0 spiro atoms. The normalized spacial score (nSPS) is 12.4. The molecule has 1 N–H and O–H groups in total. The van der Waals surface area contributed by atoms with Crippen molar-refractivity contribution in [1.29, 1.82) is 0 Å². The smallest absolute Gasteiger partial charge is 0.138 e. The van der Waals surface area contributed by atoms with Crippen LogP contribution >= 0.6 is 0 Å². The quantitative estimate of drug-likeness (QED) is 0.684. The second-order valence-corrected chi connectivity index (χ2v) is 3.31. The van der Waals surface area contributed by atoms with E-state index in [1.54, 1.807) is 19.5 Å². The summed E-state index contributed by atoms with van der Waals surface area (Å²) < 4.78 is 10.6. The Hall–Kier alpha value is -1.13. The molecule has 84 valence electrons. The Bertz CT molecular complexity index is 254. The molecule has 0 aliphatic carbocycles. The van der Waals surface area contributed by atoms with Crippen LogP contribution in [-0.2, 0) is 4.74 Å². The van der Waals surface area contributed by atoms with E-state index in [0.29, 0.717) is 0 Å². The van der Waals surface area contributed by atoms with E-state index in [9.17, 15) is 0 Å². The van der Waals surface area contributed by atoms with Gasteiger partial charge in [-0.15, -0.1) is 0 Å². The van der Waals surface area contributed by atoms with Crippen molar-refractivity contribution < 1.29 is 9.47 Å². The summed E-state index contributed by atoms with van der Waals surface area (Å²) in [6.07, 6.45) is 3.58. The van der Waals surface area contributed by atoms with Crippen LogP contribution in [0.25, 0.3) is 0 Å². The highest BCUT2D eigenvalue weighted by atomic mass is 16.5. The molecular weight excluding hydrogens is 192 g/mol. The van der Waals surface area contributed by atoms with Crippen molar-refractivity contribution in [3.63, 3.8) is 0 Å². The zero-order valence-electron chi connectivity index (χ0n) is 9.27. The van der Waals surface area contributed by atoms with E-state index < -0.39 is 0 Å². The summed E-state index contributed by atoms with van der Waals surface area (Å²) in [5.41, 5.74) is 0. The maximum Gasteiger partial charge on any atom is 0.138 e. The lowest BCUT2D eigenvalue weighted by Gasteiger charge is -2.14. The summed E-state index contributed by atoms with van der Waals surface area (Å²) in [7, 11) is 1.69. The molecule has 0 amide bonds. The molecule has 0 fully saturated rings. The highest BCUT2D eigenvalue weighted by Crippen LogP contribution is 2.08. The Kier molecular flexibility index (Phi) is 5.73. The van der Waals surface area contributed by atoms with Gasteiger partial charge in [-0.1, -0.05) is 0 Å². The van der Waals surface area contributed by atoms with Crippen molar-refractivity contribution in [2.24, 2.45) is 0 Å². The molecule has 0 aromatic carbocycles. The van der Waals surface area contributed by atoms with Gasteiger partial charge in [0.25, 0.3) is 0 Å². The van der Waals surface area contributed by atoms with E-state index >= 15 is 0 Å². The van der Waals surface area contributed by atoms with Gasteiger partial charge in [0.2, 0.25) is 0 Å². The summed E-state index contributed by atoms with van der Waals surface area (Å²) in [6, 6.07) is 3.76. The molecule has 0 saturated heterocycles. The molecule has 1 unspecified atom stereocenters. The average molecular weight is 210 g/mol. The number of nitrogens with zero attached hydrogens (tertiary/aromatic N) is 1. The van der Waals surface area contributed by atoms with E-state index in [-0.39, 0.29) is 6.10 Å². The number of nitrogens with one attached hydrogen (secondary N) is 1. The van der Waals surface area contributed by atoms with Crippen LogP contribution in [0.5, 0.6) is 5.75 Å². The predicted molar refractivity (Wildman–Crippen MR) is 59.1 cm³/mol. The van der Waals surface area contributed by atoms with Crippen molar-refractivity contribution in [2.45, 2.75) is 13.0 Å². The van der Waals surface area contributed by atoms with Crippen LogP contribution in [0.15, 0.2) is 24.5 Å². The van der Waals surface area contributed by atoms with Crippen LogP contribution < -0.4 is 10.1 Å². The number of ether oxygens (including phenoxy) is 2. The summed E-state index contributed by atoms with van der Waals surface area (Å²) in [4.78, 5) is 3.98. The molecule has 1 aromatic rings. The van der Waals surface area contributed by atoms with E-state index in [2.05, 4.69) is 10.3 Å². The Labute approximate surface area is 90.6 Å². The number of rotatable bonds is 7. The number of pyridine rings is 1. The van der Waals surface area contributed by atoms with Gasteiger partial charge in [0.15, 0.2) is 0 Å². The molecule has 0 radical (unpaired) electrons. The minimum absolute atomic E-state index is 0.131. The van der Waals surface area contributed by atoms with Gasteiger partial charge in [-0.05, 0) is 19.1 Å². The van der Waals surface area contributed by atoms with Gasteiger partial charge in [0.1, 0.15) is 11.9 Å². The van der Waals surface area contributed by atoms with Gasteiger partial charge < -0.3 is 14.8 Å². The Morgan fingerprint density at radius 2 is 2.40 bits per heavy atom. The summed E-state index contributed by atoms with van der Waals surface area (Å²) in [5, 5.41) is 3.24. The fraction of sp³-hybridized carbons (Fsp3) is 0.545. The van der Waals surface area contributed by atoms with Crippen LogP contribution in [-0.4, -0.2) is 37.9 Å². The van der Waals surface area contributed by atoms with Crippen molar-refractivity contribution in [2.75, 3.05) is 26.8 Å². The van der Waals surface area contributed by atoms with E-state index in [4.69, 9.17) is 9.47 Å². The van der Waals surface area contributed by atoms with Gasteiger partial charge in [-0.2, -0.15) is 0 Å². The monoisotopic (exact) mass is 210 g/mol. The molecule has 0 aliphatic rings. The van der Waals surface area contributed by atoms with Crippen LogP contribution in [0, 0.1) is 0 Å². The van der Waals surface area contributed by atoms with Crippen molar-refractivity contribution >= 4 is 0 Å². The highest BCUT2D eigenvalue weighted by molar-refractivity contribution is 5.15. The Morgan fingerprint density at radius 3 is 3.07 bits per heavy atom. The van der Waals surface area contributed by atoms with Gasteiger partial charge >= 0.3 is 0 Å². The molecule has 0 aliphatic heterocycles. The third-order valence-electron chi connectivity index (χ3n) is 1.89. The van der Waals surface area contributed by atoms with Gasteiger partial charge in [-0.25, -0.2) is 0 Å². The Balaban J connectivity index is 2.16. The average Bonchev–Trinajstić information content (AvgIpc) is 2.26. The zero-order valence-corrected chi connectivity index (χ0v) is 9.27. The first-order valence-electron chi connectivity index (χ1n) is 5.09. The van der Waals surface area contributed by atoms with Crippen LogP contribution in [0.3, 0.4) is 0 Å². The zero-order chi connectivity index (χ0) is 10.9. The minimum Gasteiger partial charge on any atom is -0.488 e. The third kappa shape index (κ3) is 5.34.